The highest BCUT2D eigenvalue weighted by Crippen LogP contribution is 2.46. The van der Waals surface area contributed by atoms with Crippen molar-refractivity contribution in [3.63, 3.8) is 0 Å². The molecule has 1 aliphatic carbocycles. The molecule has 0 radical (unpaired) electrons. The second-order valence-corrected chi connectivity index (χ2v) is 8.89. The Morgan fingerprint density at radius 2 is 2.00 bits per heavy atom. The molecule has 9 heteroatoms. The smallest absolute Gasteiger partial charge is 0.401 e. The van der Waals surface area contributed by atoms with E-state index in [1.807, 2.05) is 18.2 Å². The van der Waals surface area contributed by atoms with Gasteiger partial charge in [0.1, 0.15) is 11.4 Å². The molecule has 3 aliphatic rings. The molecule has 0 aromatic heterocycles. The van der Waals surface area contributed by atoms with Gasteiger partial charge in [-0.25, -0.2) is 0 Å². The average molecular weight is 552 g/mol. The highest BCUT2D eigenvalue weighted by molar-refractivity contribution is 14.0. The Balaban J connectivity index is 0.00000272. The topological polar surface area (TPSA) is 48.9 Å². The standard InChI is InChI=1S/C22H31F3N4O.HI/c1-26-20(27-13-16-8-11-29(14-16)15-22(23,24)25)28-18-12-21(9-4-5-10-21)30-19-7-3-2-6-17(18)19;/h2-3,6-7,16,18H,4-5,8-15H2,1H3,(H2,26,27,28);1H. The molecule has 1 aromatic rings. The van der Waals surface area contributed by atoms with Crippen molar-refractivity contribution in [1.82, 2.24) is 15.5 Å². The highest BCUT2D eigenvalue weighted by Gasteiger charge is 2.43. The van der Waals surface area contributed by atoms with Gasteiger partial charge in [0.2, 0.25) is 0 Å². The average Bonchev–Trinajstić information content (AvgIpc) is 3.33. The molecule has 1 aromatic carbocycles. The van der Waals surface area contributed by atoms with E-state index in [0.717, 1.165) is 37.0 Å². The summed E-state index contributed by atoms with van der Waals surface area (Å²) in [5.41, 5.74) is 1.03. The van der Waals surface area contributed by atoms with Gasteiger partial charge in [0, 0.05) is 32.1 Å². The summed E-state index contributed by atoms with van der Waals surface area (Å²) in [7, 11) is 1.73. The lowest BCUT2D eigenvalue weighted by atomic mass is 9.86. The number of fused-ring (bicyclic) bond motifs is 1. The number of hydrogen-bond donors (Lipinski definition) is 2. The number of guanidine groups is 1. The van der Waals surface area contributed by atoms with Gasteiger partial charge < -0.3 is 15.4 Å². The van der Waals surface area contributed by atoms with Gasteiger partial charge in [-0.15, -0.1) is 24.0 Å². The molecule has 174 valence electrons. The van der Waals surface area contributed by atoms with E-state index in [9.17, 15) is 13.2 Å². The number of para-hydroxylation sites is 1. The van der Waals surface area contributed by atoms with Crippen molar-refractivity contribution in [2.24, 2.45) is 10.9 Å². The van der Waals surface area contributed by atoms with Gasteiger partial charge in [0.15, 0.2) is 5.96 Å². The van der Waals surface area contributed by atoms with Crippen molar-refractivity contribution in [3.05, 3.63) is 29.8 Å². The molecule has 2 N–H and O–H groups in total. The Kier molecular flexibility index (Phi) is 7.99. The number of likely N-dealkylation sites (tertiary alicyclic amines) is 1. The van der Waals surface area contributed by atoms with Crippen molar-refractivity contribution in [2.75, 3.05) is 33.2 Å². The van der Waals surface area contributed by atoms with Crippen LogP contribution >= 0.6 is 24.0 Å². The first-order valence-corrected chi connectivity index (χ1v) is 10.9. The lowest BCUT2D eigenvalue weighted by molar-refractivity contribution is -0.143. The normalized spacial score (nSPS) is 25.6. The largest absolute Gasteiger partial charge is 0.487 e. The molecule has 2 fully saturated rings. The van der Waals surface area contributed by atoms with Crippen LogP contribution in [0.2, 0.25) is 0 Å². The third kappa shape index (κ3) is 6.18. The molecule has 0 amide bonds. The van der Waals surface area contributed by atoms with Gasteiger partial charge in [0.25, 0.3) is 0 Å². The van der Waals surface area contributed by atoms with Crippen LogP contribution in [0.15, 0.2) is 29.3 Å². The molecule has 31 heavy (non-hydrogen) atoms. The van der Waals surface area contributed by atoms with Crippen LogP contribution < -0.4 is 15.4 Å². The summed E-state index contributed by atoms with van der Waals surface area (Å²) < 4.78 is 44.3. The van der Waals surface area contributed by atoms with E-state index in [4.69, 9.17) is 4.74 Å². The minimum absolute atomic E-state index is 0. The summed E-state index contributed by atoms with van der Waals surface area (Å²) >= 11 is 0. The molecule has 4 rings (SSSR count). The summed E-state index contributed by atoms with van der Waals surface area (Å²) in [6.45, 7) is 0.752. The Hall–Kier alpha value is -1.23. The molecule has 1 spiro atoms. The molecule has 1 saturated heterocycles. The van der Waals surface area contributed by atoms with E-state index in [0.29, 0.717) is 25.6 Å². The zero-order valence-electron chi connectivity index (χ0n) is 17.9. The van der Waals surface area contributed by atoms with E-state index in [1.54, 1.807) is 7.05 Å². The number of aliphatic imine (C=N–C) groups is 1. The van der Waals surface area contributed by atoms with Crippen LogP contribution in [-0.4, -0.2) is 55.9 Å². The van der Waals surface area contributed by atoms with Crippen LogP contribution in [0.25, 0.3) is 0 Å². The number of benzene rings is 1. The Bertz CT molecular complexity index is 767. The molecule has 1 saturated carbocycles. The molecule has 2 unspecified atom stereocenters. The first-order valence-electron chi connectivity index (χ1n) is 10.9. The fraction of sp³-hybridized carbons (Fsp3) is 0.682. The lowest BCUT2D eigenvalue weighted by Crippen LogP contribution is -2.47. The molecule has 2 atom stereocenters. The summed E-state index contributed by atoms with van der Waals surface area (Å²) in [4.78, 5) is 5.86. The summed E-state index contributed by atoms with van der Waals surface area (Å²) in [5.74, 6) is 1.82. The molecular weight excluding hydrogens is 520 g/mol. The van der Waals surface area contributed by atoms with E-state index in [-0.39, 0.29) is 41.5 Å². The third-order valence-electron chi connectivity index (χ3n) is 6.58. The number of rotatable bonds is 4. The minimum atomic E-state index is -4.13. The van der Waals surface area contributed by atoms with Gasteiger partial charge in [-0.05, 0) is 50.6 Å². The summed E-state index contributed by atoms with van der Waals surface area (Å²) in [6.07, 6.45) is 2.06. The second kappa shape index (κ2) is 10.1. The van der Waals surface area contributed by atoms with Crippen LogP contribution in [0, 0.1) is 5.92 Å². The molecule has 0 bridgehead atoms. The minimum Gasteiger partial charge on any atom is -0.487 e. The molecular formula is C22H32F3IN4O. The number of ether oxygens (including phenoxy) is 1. The number of halogens is 4. The Morgan fingerprint density at radius 3 is 2.71 bits per heavy atom. The van der Waals surface area contributed by atoms with E-state index < -0.39 is 12.7 Å². The van der Waals surface area contributed by atoms with Gasteiger partial charge in [0.05, 0.1) is 12.6 Å². The van der Waals surface area contributed by atoms with Crippen LogP contribution in [0.4, 0.5) is 13.2 Å². The SMILES string of the molecule is CN=C(NCC1CCN(CC(F)(F)F)C1)NC1CC2(CCCC2)Oc2ccccc21.I. The number of hydrogen-bond acceptors (Lipinski definition) is 3. The van der Waals surface area contributed by atoms with Gasteiger partial charge >= 0.3 is 6.18 Å². The maximum Gasteiger partial charge on any atom is 0.401 e. The summed E-state index contributed by atoms with van der Waals surface area (Å²) in [6, 6.07) is 8.25. The predicted octanol–water partition coefficient (Wildman–Crippen LogP) is 4.49. The van der Waals surface area contributed by atoms with Gasteiger partial charge in [-0.3, -0.25) is 9.89 Å². The maximum absolute atomic E-state index is 12.6. The van der Waals surface area contributed by atoms with Crippen molar-refractivity contribution in [3.8, 4) is 5.75 Å². The quantitative estimate of drug-likeness (QED) is 0.329. The molecule has 2 aliphatic heterocycles. The van der Waals surface area contributed by atoms with Crippen LogP contribution in [0.3, 0.4) is 0 Å². The van der Waals surface area contributed by atoms with Gasteiger partial charge in [-0.2, -0.15) is 13.2 Å². The van der Waals surface area contributed by atoms with Crippen LogP contribution in [0.1, 0.15) is 50.1 Å². The molecule has 2 heterocycles. The fourth-order valence-corrected chi connectivity index (χ4v) is 5.15. The van der Waals surface area contributed by atoms with E-state index in [1.165, 1.54) is 17.7 Å². The third-order valence-corrected chi connectivity index (χ3v) is 6.58. The first kappa shape index (κ1) is 24.4. The van der Waals surface area contributed by atoms with Crippen molar-refractivity contribution < 1.29 is 17.9 Å². The van der Waals surface area contributed by atoms with Crippen molar-refractivity contribution in [2.45, 2.75) is 56.3 Å². The van der Waals surface area contributed by atoms with Crippen LogP contribution in [-0.2, 0) is 0 Å². The zero-order chi connectivity index (χ0) is 21.2. The zero-order valence-corrected chi connectivity index (χ0v) is 20.2. The van der Waals surface area contributed by atoms with E-state index in [2.05, 4.69) is 21.7 Å². The maximum atomic E-state index is 12.6. The number of alkyl halides is 3. The van der Waals surface area contributed by atoms with E-state index >= 15 is 0 Å². The Labute approximate surface area is 199 Å². The van der Waals surface area contributed by atoms with Crippen molar-refractivity contribution >= 4 is 29.9 Å². The predicted molar refractivity (Wildman–Crippen MR) is 126 cm³/mol. The Morgan fingerprint density at radius 1 is 1.26 bits per heavy atom. The number of nitrogens with one attached hydrogen (secondary N) is 2. The van der Waals surface area contributed by atoms with Crippen LogP contribution in [0.5, 0.6) is 5.75 Å². The second-order valence-electron chi connectivity index (χ2n) is 8.89. The first-order chi connectivity index (χ1) is 14.4. The lowest BCUT2D eigenvalue weighted by Gasteiger charge is -2.40. The highest BCUT2D eigenvalue weighted by atomic mass is 127. The fourth-order valence-electron chi connectivity index (χ4n) is 5.15. The number of nitrogens with zero attached hydrogens (tertiary/aromatic N) is 2. The van der Waals surface area contributed by atoms with Crippen molar-refractivity contribution in [1.29, 1.82) is 0 Å². The molecule has 5 nitrogen and oxygen atoms in total. The summed E-state index contributed by atoms with van der Waals surface area (Å²) in [5, 5.41) is 6.89. The van der Waals surface area contributed by atoms with Gasteiger partial charge in [-0.1, -0.05) is 18.2 Å². The monoisotopic (exact) mass is 552 g/mol.